The molecule has 2 aromatic rings. The van der Waals surface area contributed by atoms with Crippen molar-refractivity contribution in [3.63, 3.8) is 0 Å². The number of aryl methyl sites for hydroxylation is 1. The van der Waals surface area contributed by atoms with Gasteiger partial charge >= 0.3 is 5.69 Å². The molecule has 0 atom stereocenters. The lowest BCUT2D eigenvalue weighted by Crippen LogP contribution is -2.08. The van der Waals surface area contributed by atoms with Crippen molar-refractivity contribution in [1.82, 2.24) is 15.0 Å². The number of rotatable bonds is 5. The maximum atomic E-state index is 11.2. The number of nitrogens with one attached hydrogen (secondary N) is 2. The summed E-state index contributed by atoms with van der Waals surface area (Å²) in [5.74, 6) is 0.822. The van der Waals surface area contributed by atoms with E-state index in [0.717, 1.165) is 5.56 Å². The van der Waals surface area contributed by atoms with Gasteiger partial charge in [-0.25, -0.2) is 15.0 Å². The zero-order valence-electron chi connectivity index (χ0n) is 11.1. The monoisotopic (exact) mass is 274 g/mol. The van der Waals surface area contributed by atoms with Crippen LogP contribution in [0, 0.1) is 17.0 Å². The summed E-state index contributed by atoms with van der Waals surface area (Å²) < 4.78 is 0. The van der Waals surface area contributed by atoms with Crippen molar-refractivity contribution in [3.8, 4) is 0 Å². The second kappa shape index (κ2) is 5.91. The second-order valence-electron chi connectivity index (χ2n) is 4.00. The maximum absolute atomic E-state index is 11.2. The molecule has 0 spiro atoms. The Hall–Kier alpha value is -2.77. The summed E-state index contributed by atoms with van der Waals surface area (Å²) in [5.41, 5.74) is 0.671. The minimum atomic E-state index is -0.515. The van der Waals surface area contributed by atoms with Crippen molar-refractivity contribution < 1.29 is 4.92 Å². The van der Waals surface area contributed by atoms with Gasteiger partial charge in [0, 0.05) is 12.7 Å². The van der Waals surface area contributed by atoms with Crippen LogP contribution >= 0.6 is 0 Å². The summed E-state index contributed by atoms with van der Waals surface area (Å²) in [6.45, 7) is 4.22. The molecule has 0 aromatic carbocycles. The molecule has 0 amide bonds. The molecule has 0 radical (unpaired) electrons. The van der Waals surface area contributed by atoms with Gasteiger partial charge in [-0.15, -0.1) is 0 Å². The van der Waals surface area contributed by atoms with Crippen LogP contribution in [0.4, 0.5) is 23.1 Å². The number of nitrogens with zero attached hydrogens (tertiary/aromatic N) is 4. The molecule has 0 aliphatic rings. The van der Waals surface area contributed by atoms with Gasteiger partial charge in [0.05, 0.1) is 4.92 Å². The van der Waals surface area contributed by atoms with Crippen molar-refractivity contribution in [3.05, 3.63) is 40.3 Å². The Morgan fingerprint density at radius 1 is 1.25 bits per heavy atom. The first-order valence-corrected chi connectivity index (χ1v) is 6.05. The summed E-state index contributed by atoms with van der Waals surface area (Å²) in [5, 5.41) is 16.9. The number of nitro groups is 1. The first-order valence-electron chi connectivity index (χ1n) is 6.05. The van der Waals surface area contributed by atoms with Crippen molar-refractivity contribution in [2.75, 3.05) is 17.2 Å². The lowest BCUT2D eigenvalue weighted by molar-refractivity contribution is -0.383. The van der Waals surface area contributed by atoms with Crippen LogP contribution in [-0.2, 0) is 0 Å². The van der Waals surface area contributed by atoms with Gasteiger partial charge in [-0.05, 0) is 25.5 Å². The Bertz CT molecular complexity index is 631. The van der Waals surface area contributed by atoms with E-state index in [9.17, 15) is 10.1 Å². The van der Waals surface area contributed by atoms with Gasteiger partial charge in [0.2, 0.25) is 11.6 Å². The number of hydrogen-bond donors (Lipinski definition) is 2. The predicted molar refractivity (Wildman–Crippen MR) is 75.1 cm³/mol. The van der Waals surface area contributed by atoms with E-state index in [1.807, 2.05) is 19.9 Å². The third-order valence-electron chi connectivity index (χ3n) is 2.60. The Morgan fingerprint density at radius 2 is 2.00 bits per heavy atom. The second-order valence-corrected chi connectivity index (χ2v) is 4.00. The van der Waals surface area contributed by atoms with E-state index in [4.69, 9.17) is 0 Å². The van der Waals surface area contributed by atoms with Gasteiger partial charge in [0.25, 0.3) is 0 Å². The minimum Gasteiger partial charge on any atom is -0.364 e. The summed E-state index contributed by atoms with van der Waals surface area (Å²) in [4.78, 5) is 22.7. The van der Waals surface area contributed by atoms with Crippen molar-refractivity contribution in [2.24, 2.45) is 0 Å². The summed E-state index contributed by atoms with van der Waals surface area (Å²) in [7, 11) is 0. The Kier molecular flexibility index (Phi) is 4.04. The molecule has 2 N–H and O–H groups in total. The fourth-order valence-electron chi connectivity index (χ4n) is 1.67. The topological polar surface area (TPSA) is 106 Å². The Morgan fingerprint density at radius 3 is 2.65 bits per heavy atom. The van der Waals surface area contributed by atoms with E-state index in [2.05, 4.69) is 25.6 Å². The average Bonchev–Trinajstić information content (AvgIpc) is 2.41. The highest BCUT2D eigenvalue weighted by molar-refractivity contribution is 5.73. The van der Waals surface area contributed by atoms with Crippen LogP contribution in [0.3, 0.4) is 0 Å². The molecule has 0 unspecified atom stereocenters. The Balaban J connectivity index is 2.44. The number of hydrogen-bond acceptors (Lipinski definition) is 7. The predicted octanol–water partition coefficient (Wildman–Crippen LogP) is 2.26. The van der Waals surface area contributed by atoms with Crippen LogP contribution in [0.2, 0.25) is 0 Å². The normalized spacial score (nSPS) is 10.1. The fourth-order valence-corrected chi connectivity index (χ4v) is 1.67. The van der Waals surface area contributed by atoms with Gasteiger partial charge < -0.3 is 10.6 Å². The Labute approximate surface area is 115 Å². The van der Waals surface area contributed by atoms with Gasteiger partial charge in [0.15, 0.2) is 0 Å². The third kappa shape index (κ3) is 2.79. The van der Waals surface area contributed by atoms with Crippen molar-refractivity contribution >= 4 is 23.1 Å². The van der Waals surface area contributed by atoms with E-state index in [1.54, 1.807) is 12.3 Å². The quantitative estimate of drug-likeness (QED) is 0.636. The molecule has 0 bridgehead atoms. The lowest BCUT2D eigenvalue weighted by Gasteiger charge is -2.09. The zero-order chi connectivity index (χ0) is 14.5. The minimum absolute atomic E-state index is 0.114. The van der Waals surface area contributed by atoms with Crippen molar-refractivity contribution in [1.29, 1.82) is 0 Å². The molecule has 2 aromatic heterocycles. The molecule has 8 nitrogen and oxygen atoms in total. The van der Waals surface area contributed by atoms with Crippen LogP contribution in [0.1, 0.15) is 12.5 Å². The van der Waals surface area contributed by atoms with Gasteiger partial charge in [-0.1, -0.05) is 6.07 Å². The molecular weight excluding hydrogens is 260 g/mol. The fraction of sp³-hybridized carbons (Fsp3) is 0.250. The number of aromatic nitrogens is 3. The van der Waals surface area contributed by atoms with Crippen molar-refractivity contribution in [2.45, 2.75) is 13.8 Å². The van der Waals surface area contributed by atoms with Gasteiger partial charge in [0.1, 0.15) is 12.1 Å². The maximum Gasteiger partial charge on any atom is 0.353 e. The molecule has 2 heterocycles. The largest absolute Gasteiger partial charge is 0.364 e. The average molecular weight is 274 g/mol. The standard InChI is InChI=1S/C12H14N6O2/c1-3-13-11-9(18(19)20)12(16-7-15-11)17-10-8(2)5-4-6-14-10/h4-7H,3H2,1-2H3,(H2,13,14,15,16,17). The molecule has 104 valence electrons. The molecule has 0 saturated heterocycles. The number of pyridine rings is 1. The summed E-state index contributed by atoms with van der Waals surface area (Å²) in [6.07, 6.45) is 2.87. The lowest BCUT2D eigenvalue weighted by atomic mass is 10.3. The number of anilines is 3. The van der Waals surface area contributed by atoms with Crippen LogP contribution in [0.5, 0.6) is 0 Å². The zero-order valence-corrected chi connectivity index (χ0v) is 11.1. The van der Waals surface area contributed by atoms with E-state index in [-0.39, 0.29) is 17.3 Å². The van der Waals surface area contributed by atoms with E-state index in [1.165, 1.54) is 6.33 Å². The molecule has 0 aliphatic carbocycles. The molecular formula is C12H14N6O2. The van der Waals surface area contributed by atoms with E-state index in [0.29, 0.717) is 12.4 Å². The van der Waals surface area contributed by atoms with E-state index >= 15 is 0 Å². The van der Waals surface area contributed by atoms with Crippen LogP contribution in [0.15, 0.2) is 24.7 Å². The highest BCUT2D eigenvalue weighted by Gasteiger charge is 2.23. The molecule has 0 saturated carbocycles. The van der Waals surface area contributed by atoms with Crippen LogP contribution in [0.25, 0.3) is 0 Å². The highest BCUT2D eigenvalue weighted by Crippen LogP contribution is 2.30. The first kappa shape index (κ1) is 13.7. The van der Waals surface area contributed by atoms with Gasteiger partial charge in [-0.2, -0.15) is 0 Å². The molecule has 0 fully saturated rings. The van der Waals surface area contributed by atoms with Crippen LogP contribution in [-0.4, -0.2) is 26.4 Å². The molecule has 2 rings (SSSR count). The summed E-state index contributed by atoms with van der Waals surface area (Å²) in [6, 6.07) is 3.65. The molecule has 20 heavy (non-hydrogen) atoms. The van der Waals surface area contributed by atoms with E-state index < -0.39 is 4.92 Å². The first-order chi connectivity index (χ1) is 9.63. The van der Waals surface area contributed by atoms with Crippen LogP contribution < -0.4 is 10.6 Å². The summed E-state index contributed by atoms with van der Waals surface area (Å²) >= 11 is 0. The highest BCUT2D eigenvalue weighted by atomic mass is 16.6. The SMILES string of the molecule is CCNc1ncnc(Nc2ncccc2C)c1[N+](=O)[O-]. The smallest absolute Gasteiger partial charge is 0.353 e. The van der Waals surface area contributed by atoms with Gasteiger partial charge in [-0.3, -0.25) is 10.1 Å². The third-order valence-corrected chi connectivity index (χ3v) is 2.60. The molecule has 8 heteroatoms. The molecule has 0 aliphatic heterocycles.